The molecular weight excluding hydrogens is 280 g/mol. The minimum Gasteiger partial charge on any atom is -0.441 e. The van der Waals surface area contributed by atoms with E-state index in [2.05, 4.69) is 55.1 Å². The van der Waals surface area contributed by atoms with Gasteiger partial charge in [0.25, 0.3) is 0 Å². The second-order valence-corrected chi connectivity index (χ2v) is 6.84. The molecule has 2 aromatic heterocycles. The fourth-order valence-electron chi connectivity index (χ4n) is 1.99. The van der Waals surface area contributed by atoms with Crippen LogP contribution in [0, 0.1) is 0 Å². The van der Waals surface area contributed by atoms with Gasteiger partial charge in [0.05, 0.1) is 11.9 Å². The first-order valence-electron chi connectivity index (χ1n) is 7.11. The van der Waals surface area contributed by atoms with Gasteiger partial charge in [-0.3, -0.25) is 0 Å². The van der Waals surface area contributed by atoms with Crippen LogP contribution in [0.2, 0.25) is 0 Å². The van der Waals surface area contributed by atoms with Crippen molar-refractivity contribution < 1.29 is 4.42 Å². The van der Waals surface area contributed by atoms with Crippen molar-refractivity contribution in [3.63, 3.8) is 0 Å². The standard InChI is InChI=1S/C17H22N2OS/c1-6-14-13(11-21-19-14)12(2)8-7-9-16-18-10-15(20-16)17(3,4)5/h6-7,9-12H,1,8H2,2-5H3/b9-7+. The lowest BCUT2D eigenvalue weighted by Crippen LogP contribution is -2.09. The Hall–Kier alpha value is -1.68. The van der Waals surface area contributed by atoms with E-state index in [-0.39, 0.29) is 5.41 Å². The quantitative estimate of drug-likeness (QED) is 0.754. The van der Waals surface area contributed by atoms with E-state index in [0.717, 1.165) is 17.9 Å². The van der Waals surface area contributed by atoms with Crippen LogP contribution in [0.15, 0.2) is 28.6 Å². The van der Waals surface area contributed by atoms with Crippen LogP contribution in [0.3, 0.4) is 0 Å². The van der Waals surface area contributed by atoms with Gasteiger partial charge >= 0.3 is 0 Å². The van der Waals surface area contributed by atoms with E-state index >= 15 is 0 Å². The van der Waals surface area contributed by atoms with Crippen molar-refractivity contribution in [3.05, 3.63) is 47.1 Å². The molecule has 0 aromatic carbocycles. The molecule has 0 amide bonds. The van der Waals surface area contributed by atoms with E-state index in [1.54, 1.807) is 0 Å². The molecule has 1 atom stereocenters. The lowest BCUT2D eigenvalue weighted by Gasteiger charge is -2.12. The molecule has 2 aromatic rings. The van der Waals surface area contributed by atoms with Gasteiger partial charge in [-0.15, -0.1) is 0 Å². The molecule has 4 heteroatoms. The fraction of sp³-hybridized carbons (Fsp3) is 0.412. The molecule has 0 radical (unpaired) electrons. The van der Waals surface area contributed by atoms with Gasteiger partial charge in [0.2, 0.25) is 5.89 Å². The van der Waals surface area contributed by atoms with Crippen molar-refractivity contribution in [3.8, 4) is 0 Å². The summed E-state index contributed by atoms with van der Waals surface area (Å²) in [4.78, 5) is 4.30. The molecule has 0 spiro atoms. The average Bonchev–Trinajstić information content (AvgIpc) is 3.06. The van der Waals surface area contributed by atoms with Crippen LogP contribution in [-0.4, -0.2) is 9.36 Å². The third-order valence-electron chi connectivity index (χ3n) is 3.36. The highest BCUT2D eigenvalue weighted by molar-refractivity contribution is 7.03. The molecule has 1 unspecified atom stereocenters. The van der Waals surface area contributed by atoms with Gasteiger partial charge < -0.3 is 4.42 Å². The molecular formula is C17H22N2OS. The van der Waals surface area contributed by atoms with Crippen LogP contribution in [0.4, 0.5) is 0 Å². The number of nitrogens with zero attached hydrogens (tertiary/aromatic N) is 2. The molecule has 2 heterocycles. The Kier molecular flexibility index (Phi) is 4.78. The molecule has 0 saturated carbocycles. The zero-order valence-corrected chi connectivity index (χ0v) is 13.9. The molecule has 0 fully saturated rings. The summed E-state index contributed by atoms with van der Waals surface area (Å²) in [6.07, 6.45) is 8.59. The van der Waals surface area contributed by atoms with E-state index in [9.17, 15) is 0 Å². The van der Waals surface area contributed by atoms with Gasteiger partial charge in [-0.1, -0.05) is 40.3 Å². The van der Waals surface area contributed by atoms with E-state index < -0.39 is 0 Å². The average molecular weight is 302 g/mol. The molecule has 3 nitrogen and oxygen atoms in total. The Balaban J connectivity index is 1.99. The largest absolute Gasteiger partial charge is 0.441 e. The number of aromatic nitrogens is 2. The topological polar surface area (TPSA) is 38.9 Å². The molecule has 0 aliphatic rings. The smallest absolute Gasteiger partial charge is 0.218 e. The maximum Gasteiger partial charge on any atom is 0.218 e. The maximum atomic E-state index is 5.74. The molecule has 0 saturated heterocycles. The number of allylic oxidation sites excluding steroid dienone is 1. The van der Waals surface area contributed by atoms with Gasteiger partial charge in [0.1, 0.15) is 5.76 Å². The van der Waals surface area contributed by atoms with E-state index in [1.165, 1.54) is 17.1 Å². The second kappa shape index (κ2) is 6.39. The molecule has 2 rings (SSSR count). The summed E-state index contributed by atoms with van der Waals surface area (Å²) in [6.45, 7) is 12.3. The highest BCUT2D eigenvalue weighted by Gasteiger charge is 2.18. The number of rotatable bonds is 5. The highest BCUT2D eigenvalue weighted by atomic mass is 32.1. The first-order valence-corrected chi connectivity index (χ1v) is 7.95. The van der Waals surface area contributed by atoms with Crippen LogP contribution in [0.1, 0.15) is 62.9 Å². The summed E-state index contributed by atoms with van der Waals surface area (Å²) >= 11 is 1.48. The van der Waals surface area contributed by atoms with Crippen molar-refractivity contribution in [2.45, 2.75) is 45.4 Å². The lowest BCUT2D eigenvalue weighted by atomic mass is 9.94. The number of hydrogen-bond donors (Lipinski definition) is 0. The zero-order chi connectivity index (χ0) is 15.5. The molecule has 0 aliphatic heterocycles. The fourth-order valence-corrected chi connectivity index (χ4v) is 2.80. The summed E-state index contributed by atoms with van der Waals surface area (Å²) in [5, 5.41) is 2.10. The molecule has 112 valence electrons. The van der Waals surface area contributed by atoms with Gasteiger partial charge in [-0.05, 0) is 41.6 Å². The lowest BCUT2D eigenvalue weighted by molar-refractivity contribution is 0.403. The molecule has 0 aliphatic carbocycles. The summed E-state index contributed by atoms with van der Waals surface area (Å²) in [6, 6.07) is 0. The van der Waals surface area contributed by atoms with E-state index in [4.69, 9.17) is 4.42 Å². The third kappa shape index (κ3) is 3.91. The van der Waals surface area contributed by atoms with Crippen molar-refractivity contribution in [1.29, 1.82) is 0 Å². The minimum absolute atomic E-state index is 0.00636. The summed E-state index contributed by atoms with van der Waals surface area (Å²) in [7, 11) is 0. The van der Waals surface area contributed by atoms with Crippen LogP contribution in [0.5, 0.6) is 0 Å². The number of hydrogen-bond acceptors (Lipinski definition) is 4. The van der Waals surface area contributed by atoms with Crippen LogP contribution in [0.25, 0.3) is 12.2 Å². The first-order chi connectivity index (χ1) is 9.91. The van der Waals surface area contributed by atoms with Gasteiger partial charge in [0, 0.05) is 10.8 Å². The summed E-state index contributed by atoms with van der Waals surface area (Å²) in [5.74, 6) is 1.98. The Morgan fingerprint density at radius 1 is 1.43 bits per heavy atom. The predicted molar refractivity (Wildman–Crippen MR) is 89.5 cm³/mol. The molecule has 0 bridgehead atoms. The van der Waals surface area contributed by atoms with Crippen molar-refractivity contribution in [2.75, 3.05) is 0 Å². The van der Waals surface area contributed by atoms with Crippen molar-refractivity contribution >= 4 is 23.7 Å². The van der Waals surface area contributed by atoms with Gasteiger partial charge in [0.15, 0.2) is 0 Å². The van der Waals surface area contributed by atoms with Crippen LogP contribution in [-0.2, 0) is 5.41 Å². The normalized spacial score (nSPS) is 13.7. The Bertz CT molecular complexity index is 631. The Labute approximate surface area is 130 Å². The Morgan fingerprint density at radius 3 is 2.81 bits per heavy atom. The highest BCUT2D eigenvalue weighted by Crippen LogP contribution is 2.26. The van der Waals surface area contributed by atoms with Gasteiger partial charge in [-0.2, -0.15) is 4.37 Å². The van der Waals surface area contributed by atoms with Crippen LogP contribution >= 0.6 is 11.5 Å². The maximum absolute atomic E-state index is 5.74. The predicted octanol–water partition coefficient (Wildman–Crippen LogP) is 5.28. The summed E-state index contributed by atoms with van der Waals surface area (Å²) < 4.78 is 10.1. The van der Waals surface area contributed by atoms with Crippen molar-refractivity contribution in [1.82, 2.24) is 9.36 Å². The van der Waals surface area contributed by atoms with Crippen LogP contribution < -0.4 is 0 Å². The molecule has 0 N–H and O–H groups in total. The third-order valence-corrected chi connectivity index (χ3v) is 4.03. The SMILES string of the molecule is C=Cc1nscc1C(C)C/C=C/c1ncc(C(C)(C)C)o1. The first kappa shape index (κ1) is 15.7. The second-order valence-electron chi connectivity index (χ2n) is 6.21. The van der Waals surface area contributed by atoms with E-state index in [1.807, 2.05) is 18.3 Å². The van der Waals surface area contributed by atoms with Gasteiger partial charge in [-0.25, -0.2) is 4.98 Å². The Morgan fingerprint density at radius 2 is 2.19 bits per heavy atom. The number of oxazole rings is 1. The van der Waals surface area contributed by atoms with E-state index in [0.29, 0.717) is 11.8 Å². The summed E-state index contributed by atoms with van der Waals surface area (Å²) in [5.41, 5.74) is 2.24. The monoisotopic (exact) mass is 302 g/mol. The molecule has 21 heavy (non-hydrogen) atoms. The van der Waals surface area contributed by atoms with Crippen molar-refractivity contribution in [2.24, 2.45) is 0 Å². The zero-order valence-electron chi connectivity index (χ0n) is 13.1. The minimum atomic E-state index is -0.00636.